The van der Waals surface area contributed by atoms with Gasteiger partial charge in [-0.25, -0.2) is 9.97 Å². The maximum absolute atomic E-state index is 12.7. The van der Waals surface area contributed by atoms with Crippen LogP contribution in [0.2, 0.25) is 0 Å². The van der Waals surface area contributed by atoms with E-state index in [1.54, 1.807) is 6.33 Å². The number of piperidine rings is 1. The van der Waals surface area contributed by atoms with Crippen molar-refractivity contribution in [2.75, 3.05) is 18.0 Å². The van der Waals surface area contributed by atoms with Crippen molar-refractivity contribution >= 4 is 22.8 Å². The molecule has 28 heavy (non-hydrogen) atoms. The van der Waals surface area contributed by atoms with Gasteiger partial charge < -0.3 is 14.6 Å². The van der Waals surface area contributed by atoms with Gasteiger partial charge in [-0.3, -0.25) is 4.79 Å². The van der Waals surface area contributed by atoms with Crippen LogP contribution in [0.15, 0.2) is 41.1 Å². The molecule has 0 saturated carbocycles. The Balaban J connectivity index is 1.42. The van der Waals surface area contributed by atoms with Gasteiger partial charge in [0.05, 0.1) is 11.4 Å². The molecule has 1 aromatic carbocycles. The Bertz CT molecular complexity index is 975. The van der Waals surface area contributed by atoms with E-state index in [1.165, 1.54) is 0 Å². The van der Waals surface area contributed by atoms with Crippen LogP contribution in [0, 0.1) is 19.8 Å². The minimum absolute atomic E-state index is 0.0183. The van der Waals surface area contributed by atoms with Crippen LogP contribution in [-0.2, 0) is 4.79 Å². The first-order valence-electron chi connectivity index (χ1n) is 9.85. The summed E-state index contributed by atoms with van der Waals surface area (Å²) in [4.78, 5) is 23.7. The van der Waals surface area contributed by atoms with Crippen LogP contribution in [0.3, 0.4) is 0 Å². The molecule has 6 nitrogen and oxygen atoms in total. The number of amides is 1. The lowest BCUT2D eigenvalue weighted by Crippen LogP contribution is -2.41. The predicted octanol–water partition coefficient (Wildman–Crippen LogP) is 3.93. The van der Waals surface area contributed by atoms with E-state index < -0.39 is 0 Å². The number of aryl methyl sites for hydroxylation is 2. The highest BCUT2D eigenvalue weighted by Gasteiger charge is 2.28. The molecule has 1 amide bonds. The van der Waals surface area contributed by atoms with Crippen LogP contribution in [0.4, 0.5) is 5.82 Å². The predicted molar refractivity (Wildman–Crippen MR) is 109 cm³/mol. The summed E-state index contributed by atoms with van der Waals surface area (Å²) in [5.74, 6) is 1.96. The van der Waals surface area contributed by atoms with E-state index in [0.29, 0.717) is 5.71 Å². The molecule has 1 aliphatic rings. The summed E-state index contributed by atoms with van der Waals surface area (Å²) in [5, 5.41) is 4.15. The molecule has 1 N–H and O–H groups in total. The minimum atomic E-state index is 0.0183. The van der Waals surface area contributed by atoms with Gasteiger partial charge in [0.2, 0.25) is 11.6 Å². The second-order valence-corrected chi connectivity index (χ2v) is 7.56. The van der Waals surface area contributed by atoms with Crippen LogP contribution in [0.1, 0.15) is 42.7 Å². The number of benzene rings is 1. The van der Waals surface area contributed by atoms with Crippen molar-refractivity contribution in [2.24, 2.45) is 5.92 Å². The van der Waals surface area contributed by atoms with Crippen LogP contribution < -0.4 is 10.2 Å². The fourth-order valence-corrected chi connectivity index (χ4v) is 3.91. The molecule has 0 aliphatic carbocycles. The summed E-state index contributed by atoms with van der Waals surface area (Å²) in [5.41, 5.74) is 2.85. The SMILES string of the molecule is Cc1oc2ncnc(N3CCC(C(=O)NC(C)c4ccccc4)CC3)c2c1C. The third kappa shape index (κ3) is 3.46. The Labute approximate surface area is 165 Å². The summed E-state index contributed by atoms with van der Waals surface area (Å²) >= 11 is 0. The van der Waals surface area contributed by atoms with E-state index in [0.717, 1.165) is 54.0 Å². The maximum atomic E-state index is 12.7. The van der Waals surface area contributed by atoms with Gasteiger partial charge in [-0.15, -0.1) is 0 Å². The average Bonchev–Trinajstić information content (AvgIpc) is 3.02. The first-order valence-corrected chi connectivity index (χ1v) is 9.85. The number of fused-ring (bicyclic) bond motifs is 1. The third-order valence-electron chi connectivity index (χ3n) is 5.77. The van der Waals surface area contributed by atoms with Crippen molar-refractivity contribution in [3.05, 3.63) is 53.5 Å². The first-order chi connectivity index (χ1) is 13.5. The molecule has 3 heterocycles. The molecule has 1 unspecified atom stereocenters. The smallest absolute Gasteiger partial charge is 0.231 e. The van der Waals surface area contributed by atoms with Crippen LogP contribution in [0.5, 0.6) is 0 Å². The zero-order valence-corrected chi connectivity index (χ0v) is 16.6. The number of aromatic nitrogens is 2. The molecule has 1 aliphatic heterocycles. The number of hydrogen-bond donors (Lipinski definition) is 1. The van der Waals surface area contributed by atoms with Crippen molar-refractivity contribution in [1.29, 1.82) is 0 Å². The molecule has 146 valence electrons. The third-order valence-corrected chi connectivity index (χ3v) is 5.77. The lowest BCUT2D eigenvalue weighted by molar-refractivity contribution is -0.126. The number of hydrogen-bond acceptors (Lipinski definition) is 5. The molecule has 1 atom stereocenters. The Hall–Kier alpha value is -2.89. The fraction of sp³-hybridized carbons (Fsp3) is 0.409. The van der Waals surface area contributed by atoms with Gasteiger partial charge in [-0.1, -0.05) is 30.3 Å². The van der Waals surface area contributed by atoms with E-state index in [1.807, 2.05) is 51.1 Å². The standard InChI is InChI=1S/C22H26N4O2/c1-14-16(3)28-22-19(14)20(23-13-24-22)26-11-9-18(10-12-26)21(27)25-15(2)17-7-5-4-6-8-17/h4-8,13,15,18H,9-12H2,1-3H3,(H,25,27). The molecule has 6 heteroatoms. The first kappa shape index (κ1) is 18.5. The second-order valence-electron chi connectivity index (χ2n) is 7.56. The van der Waals surface area contributed by atoms with E-state index in [4.69, 9.17) is 4.42 Å². The van der Waals surface area contributed by atoms with Crippen LogP contribution >= 0.6 is 0 Å². The number of nitrogens with zero attached hydrogens (tertiary/aromatic N) is 3. The lowest BCUT2D eigenvalue weighted by atomic mass is 9.95. The lowest BCUT2D eigenvalue weighted by Gasteiger charge is -2.33. The zero-order chi connectivity index (χ0) is 19.7. The summed E-state index contributed by atoms with van der Waals surface area (Å²) in [6, 6.07) is 10.1. The quantitative estimate of drug-likeness (QED) is 0.745. The van der Waals surface area contributed by atoms with Gasteiger partial charge in [0.25, 0.3) is 0 Å². The second kappa shape index (κ2) is 7.62. The molecule has 3 aromatic rings. The summed E-state index contributed by atoms with van der Waals surface area (Å²) < 4.78 is 5.73. The minimum Gasteiger partial charge on any atom is -0.443 e. The molecular weight excluding hydrogens is 352 g/mol. The normalized spacial score (nSPS) is 16.3. The molecule has 0 radical (unpaired) electrons. The number of carbonyl (C=O) groups excluding carboxylic acids is 1. The Morgan fingerprint density at radius 3 is 2.61 bits per heavy atom. The Morgan fingerprint density at radius 2 is 1.89 bits per heavy atom. The summed E-state index contributed by atoms with van der Waals surface area (Å²) in [7, 11) is 0. The van der Waals surface area contributed by atoms with E-state index >= 15 is 0 Å². The van der Waals surface area contributed by atoms with Gasteiger partial charge in [0.15, 0.2) is 0 Å². The van der Waals surface area contributed by atoms with Crippen molar-refractivity contribution in [1.82, 2.24) is 15.3 Å². The fourth-order valence-electron chi connectivity index (χ4n) is 3.91. The molecule has 0 spiro atoms. The molecular formula is C22H26N4O2. The van der Waals surface area contributed by atoms with Crippen molar-refractivity contribution in [3.63, 3.8) is 0 Å². The number of nitrogens with one attached hydrogen (secondary N) is 1. The topological polar surface area (TPSA) is 71.3 Å². The molecule has 4 rings (SSSR count). The monoisotopic (exact) mass is 378 g/mol. The van der Waals surface area contributed by atoms with Gasteiger partial charge >= 0.3 is 0 Å². The Kier molecular flexibility index (Phi) is 5.03. The van der Waals surface area contributed by atoms with Crippen LogP contribution in [-0.4, -0.2) is 29.0 Å². The number of anilines is 1. The largest absolute Gasteiger partial charge is 0.443 e. The highest BCUT2D eigenvalue weighted by molar-refractivity contribution is 5.90. The zero-order valence-electron chi connectivity index (χ0n) is 16.6. The van der Waals surface area contributed by atoms with E-state index in [9.17, 15) is 4.79 Å². The molecule has 0 bridgehead atoms. The average molecular weight is 378 g/mol. The highest BCUT2D eigenvalue weighted by Crippen LogP contribution is 2.32. The Morgan fingerprint density at radius 1 is 1.18 bits per heavy atom. The molecule has 1 fully saturated rings. The van der Waals surface area contributed by atoms with Gasteiger partial charge in [-0.2, -0.15) is 0 Å². The summed E-state index contributed by atoms with van der Waals surface area (Å²) in [6.07, 6.45) is 3.18. The van der Waals surface area contributed by atoms with Crippen molar-refractivity contribution < 1.29 is 9.21 Å². The van der Waals surface area contributed by atoms with Crippen molar-refractivity contribution in [2.45, 2.75) is 39.7 Å². The van der Waals surface area contributed by atoms with Gasteiger partial charge in [-0.05, 0) is 39.2 Å². The van der Waals surface area contributed by atoms with E-state index in [2.05, 4.69) is 20.2 Å². The number of rotatable bonds is 4. The molecule has 2 aromatic heterocycles. The number of furan rings is 1. The number of carbonyl (C=O) groups is 1. The van der Waals surface area contributed by atoms with E-state index in [-0.39, 0.29) is 17.9 Å². The van der Waals surface area contributed by atoms with Gasteiger partial charge in [0, 0.05) is 24.6 Å². The maximum Gasteiger partial charge on any atom is 0.231 e. The van der Waals surface area contributed by atoms with Crippen LogP contribution in [0.25, 0.3) is 11.1 Å². The highest BCUT2D eigenvalue weighted by atomic mass is 16.3. The molecule has 1 saturated heterocycles. The summed E-state index contributed by atoms with van der Waals surface area (Å²) in [6.45, 7) is 7.62. The van der Waals surface area contributed by atoms with Gasteiger partial charge in [0.1, 0.15) is 17.9 Å². The van der Waals surface area contributed by atoms with Crippen molar-refractivity contribution in [3.8, 4) is 0 Å².